The van der Waals surface area contributed by atoms with Crippen LogP contribution in [-0.2, 0) is 0 Å². The molecule has 4 heteroatoms. The van der Waals surface area contributed by atoms with Crippen LogP contribution in [0.1, 0.15) is 0 Å². The summed E-state index contributed by atoms with van der Waals surface area (Å²) in [5.41, 5.74) is 0. The first-order chi connectivity index (χ1) is 2.94. The van der Waals surface area contributed by atoms with Gasteiger partial charge >= 0.3 is 6.18 Å². The van der Waals surface area contributed by atoms with Gasteiger partial charge in [0.2, 0.25) is 5.83 Å². The molecule has 0 aliphatic carbocycles. The zero-order valence-electron chi connectivity index (χ0n) is 3.09. The summed E-state index contributed by atoms with van der Waals surface area (Å²) in [4.78, 5) is 0. The van der Waals surface area contributed by atoms with Crippen LogP contribution in [0.2, 0.25) is 0 Å². The largest absolute Gasteiger partial charge is 0.442 e. The Morgan fingerprint density at radius 2 is 1.43 bits per heavy atom. The summed E-state index contributed by atoms with van der Waals surface area (Å²) in [6.07, 6.45) is -4.97. The van der Waals surface area contributed by atoms with Crippen LogP contribution < -0.4 is 0 Å². The van der Waals surface area contributed by atoms with Gasteiger partial charge in [-0.15, -0.1) is 0 Å². The van der Waals surface area contributed by atoms with Gasteiger partial charge in [-0.2, -0.15) is 13.2 Å². The van der Waals surface area contributed by atoms with Gasteiger partial charge in [-0.25, -0.2) is 4.39 Å². The van der Waals surface area contributed by atoms with Crippen molar-refractivity contribution in [3.05, 3.63) is 12.4 Å². The number of halogens is 4. The average molecular weight is 113 g/mol. The standard InChI is InChI=1S/C3HF4/c1-2(4)3(5,6)7/h1H. The van der Waals surface area contributed by atoms with Crippen LogP contribution in [-0.4, -0.2) is 6.18 Å². The highest BCUT2D eigenvalue weighted by molar-refractivity contribution is 4.85. The molecule has 0 saturated heterocycles. The molecular formula is C3HF4. The topological polar surface area (TPSA) is 0 Å². The van der Waals surface area contributed by atoms with Gasteiger partial charge < -0.3 is 0 Å². The second-order valence-corrected chi connectivity index (χ2v) is 0.846. The predicted molar refractivity (Wildman–Crippen MR) is 15.0 cm³/mol. The van der Waals surface area contributed by atoms with E-state index in [0.29, 0.717) is 0 Å². The molecule has 0 aromatic rings. The summed E-state index contributed by atoms with van der Waals surface area (Å²) in [5, 5.41) is 0. The van der Waals surface area contributed by atoms with Crippen LogP contribution in [0.3, 0.4) is 0 Å². The van der Waals surface area contributed by atoms with Gasteiger partial charge in [-0.3, -0.25) is 0 Å². The van der Waals surface area contributed by atoms with Crippen molar-refractivity contribution in [2.75, 3.05) is 0 Å². The van der Waals surface area contributed by atoms with Crippen LogP contribution in [0.15, 0.2) is 5.83 Å². The number of allylic oxidation sites excluding steroid dienone is 1. The zero-order chi connectivity index (χ0) is 6.08. The molecule has 0 aliphatic rings. The molecule has 0 atom stereocenters. The summed E-state index contributed by atoms with van der Waals surface area (Å²) in [5.74, 6) is -2.51. The molecule has 0 amide bonds. The fourth-order valence-corrected chi connectivity index (χ4v) is 0. The van der Waals surface area contributed by atoms with E-state index in [2.05, 4.69) is 6.58 Å². The van der Waals surface area contributed by atoms with Crippen molar-refractivity contribution in [3.63, 3.8) is 0 Å². The predicted octanol–water partition coefficient (Wildman–Crippen LogP) is 1.84. The maximum absolute atomic E-state index is 10.8. The Morgan fingerprint density at radius 1 is 1.29 bits per heavy atom. The lowest BCUT2D eigenvalue weighted by atomic mass is 10.6. The monoisotopic (exact) mass is 113 g/mol. The van der Waals surface area contributed by atoms with Gasteiger partial charge in [-0.05, 0) is 6.58 Å². The third kappa shape index (κ3) is 2.19. The van der Waals surface area contributed by atoms with Crippen LogP contribution in [0.5, 0.6) is 0 Å². The minimum atomic E-state index is -4.97. The highest BCUT2D eigenvalue weighted by Gasteiger charge is 2.32. The fraction of sp³-hybridized carbons (Fsp3) is 0.333. The van der Waals surface area contributed by atoms with Crippen molar-refractivity contribution in [2.24, 2.45) is 0 Å². The van der Waals surface area contributed by atoms with E-state index in [-0.39, 0.29) is 0 Å². The van der Waals surface area contributed by atoms with Gasteiger partial charge in [0.15, 0.2) is 0 Å². The van der Waals surface area contributed by atoms with Crippen LogP contribution >= 0.6 is 0 Å². The molecule has 7 heavy (non-hydrogen) atoms. The summed E-state index contributed by atoms with van der Waals surface area (Å²) in [6, 6.07) is 0. The molecule has 0 aromatic carbocycles. The first-order valence-electron chi connectivity index (χ1n) is 1.29. The Hall–Kier alpha value is -0.540. The smallest absolute Gasteiger partial charge is 0.202 e. The van der Waals surface area contributed by atoms with E-state index in [9.17, 15) is 17.6 Å². The minimum Gasteiger partial charge on any atom is -0.202 e. The molecule has 0 aliphatic heterocycles. The summed E-state index contributed by atoms with van der Waals surface area (Å²) in [6.45, 7) is 3.69. The fourth-order valence-electron chi connectivity index (χ4n) is 0. The van der Waals surface area contributed by atoms with E-state index in [1.165, 1.54) is 0 Å². The molecule has 0 N–H and O–H groups in total. The molecule has 0 rings (SSSR count). The lowest BCUT2D eigenvalue weighted by Gasteiger charge is -1.96. The normalized spacial score (nSPS) is 11.4. The van der Waals surface area contributed by atoms with Crippen molar-refractivity contribution >= 4 is 0 Å². The highest BCUT2D eigenvalue weighted by atomic mass is 19.4. The zero-order valence-corrected chi connectivity index (χ0v) is 3.09. The molecule has 0 fully saturated rings. The lowest BCUT2D eigenvalue weighted by molar-refractivity contribution is -0.108. The Balaban J connectivity index is 3.79. The first kappa shape index (κ1) is 6.46. The Morgan fingerprint density at radius 3 is 1.43 bits per heavy atom. The molecule has 41 valence electrons. The van der Waals surface area contributed by atoms with Crippen molar-refractivity contribution in [2.45, 2.75) is 6.18 Å². The first-order valence-corrected chi connectivity index (χ1v) is 1.29. The van der Waals surface area contributed by atoms with Crippen molar-refractivity contribution < 1.29 is 17.6 Å². The minimum absolute atomic E-state index is 2.51. The van der Waals surface area contributed by atoms with Crippen molar-refractivity contribution in [1.29, 1.82) is 0 Å². The van der Waals surface area contributed by atoms with Crippen LogP contribution in [0.25, 0.3) is 0 Å². The molecule has 0 unspecified atom stereocenters. The third-order valence-electron chi connectivity index (χ3n) is 0.271. The Labute approximate surface area is 37.4 Å². The average Bonchev–Trinajstić information content (AvgIpc) is 1.31. The summed E-state index contributed by atoms with van der Waals surface area (Å²) in [7, 11) is 0. The second kappa shape index (κ2) is 1.52. The molecular weight excluding hydrogens is 112 g/mol. The van der Waals surface area contributed by atoms with E-state index in [1.54, 1.807) is 0 Å². The van der Waals surface area contributed by atoms with Gasteiger partial charge in [0.25, 0.3) is 0 Å². The van der Waals surface area contributed by atoms with Gasteiger partial charge in [0.05, 0.1) is 0 Å². The lowest BCUT2D eigenvalue weighted by Crippen LogP contribution is -2.05. The second-order valence-electron chi connectivity index (χ2n) is 0.846. The highest BCUT2D eigenvalue weighted by Crippen LogP contribution is 2.23. The number of alkyl halides is 3. The van der Waals surface area contributed by atoms with E-state index in [1.807, 2.05) is 0 Å². The SMILES string of the molecule is [CH]=C(F)C(F)(F)F. The number of hydrogen-bond acceptors (Lipinski definition) is 0. The summed E-state index contributed by atoms with van der Waals surface area (Å²) < 4.78 is 42.7. The van der Waals surface area contributed by atoms with E-state index >= 15 is 0 Å². The molecule has 0 heterocycles. The van der Waals surface area contributed by atoms with Crippen LogP contribution in [0.4, 0.5) is 17.6 Å². The summed E-state index contributed by atoms with van der Waals surface area (Å²) >= 11 is 0. The molecule has 0 nitrogen and oxygen atoms in total. The molecule has 1 radical (unpaired) electrons. The molecule has 0 saturated carbocycles. The Kier molecular flexibility index (Phi) is 1.40. The van der Waals surface area contributed by atoms with Gasteiger partial charge in [0.1, 0.15) is 0 Å². The Bertz CT molecular complexity index is 79.4. The number of hydrogen-bond donors (Lipinski definition) is 0. The van der Waals surface area contributed by atoms with Gasteiger partial charge in [0, 0.05) is 0 Å². The molecule has 0 bridgehead atoms. The van der Waals surface area contributed by atoms with E-state index < -0.39 is 12.0 Å². The molecule has 0 aromatic heterocycles. The van der Waals surface area contributed by atoms with Crippen molar-refractivity contribution in [3.8, 4) is 0 Å². The van der Waals surface area contributed by atoms with Crippen molar-refractivity contribution in [1.82, 2.24) is 0 Å². The van der Waals surface area contributed by atoms with E-state index in [4.69, 9.17) is 0 Å². The quantitative estimate of drug-likeness (QED) is 0.420. The molecule has 0 spiro atoms. The number of rotatable bonds is 0. The van der Waals surface area contributed by atoms with Crippen LogP contribution in [0, 0.1) is 6.58 Å². The maximum atomic E-state index is 10.8. The third-order valence-corrected chi connectivity index (χ3v) is 0.271. The maximum Gasteiger partial charge on any atom is 0.442 e. The van der Waals surface area contributed by atoms with E-state index in [0.717, 1.165) is 0 Å². The van der Waals surface area contributed by atoms with Gasteiger partial charge in [-0.1, -0.05) is 0 Å².